The van der Waals surface area contributed by atoms with E-state index in [2.05, 4.69) is 14.8 Å². The van der Waals surface area contributed by atoms with Crippen LogP contribution < -0.4 is 10.2 Å². The van der Waals surface area contributed by atoms with Gasteiger partial charge < -0.3 is 19.5 Å². The lowest BCUT2D eigenvalue weighted by atomic mass is 9.96. The largest absolute Gasteiger partial charge is 0.383 e. The fourth-order valence-corrected chi connectivity index (χ4v) is 4.02. The molecule has 7 heteroatoms. The van der Waals surface area contributed by atoms with Gasteiger partial charge in [0.05, 0.1) is 24.2 Å². The molecule has 3 aromatic rings. The molecule has 1 fully saturated rings. The van der Waals surface area contributed by atoms with Crippen molar-refractivity contribution in [3.8, 4) is 0 Å². The lowest BCUT2D eigenvalue weighted by Crippen LogP contribution is -2.42. The molecular weight excluding hydrogens is 383 g/mol. The Labute approximate surface area is 175 Å². The summed E-state index contributed by atoms with van der Waals surface area (Å²) in [7, 11) is 1.62. The van der Waals surface area contributed by atoms with Crippen LogP contribution in [0.4, 0.5) is 10.3 Å². The number of nitrogens with one attached hydrogen (secondary N) is 1. The molecule has 1 amide bonds. The molecule has 0 saturated carbocycles. The van der Waals surface area contributed by atoms with Gasteiger partial charge in [0.1, 0.15) is 5.82 Å². The highest BCUT2D eigenvalue weighted by atomic mass is 19.1. The topological polar surface area (TPSA) is 59.4 Å². The number of methoxy groups -OCH3 is 1. The normalized spacial score (nSPS) is 14.9. The van der Waals surface area contributed by atoms with Crippen LogP contribution in [0.5, 0.6) is 0 Å². The van der Waals surface area contributed by atoms with Gasteiger partial charge in [0.15, 0.2) is 0 Å². The van der Waals surface area contributed by atoms with Crippen molar-refractivity contribution in [1.82, 2.24) is 14.9 Å². The van der Waals surface area contributed by atoms with E-state index < -0.39 is 0 Å². The highest BCUT2D eigenvalue weighted by molar-refractivity contribution is 5.80. The average Bonchev–Trinajstić information content (AvgIpc) is 3.14. The highest BCUT2D eigenvalue weighted by Crippen LogP contribution is 2.28. The highest BCUT2D eigenvalue weighted by Gasteiger charge is 2.27. The molecule has 4 rings (SSSR count). The Morgan fingerprint density at radius 2 is 1.90 bits per heavy atom. The number of amides is 1. The molecule has 0 unspecified atom stereocenters. The number of benzene rings is 2. The number of carbonyl (C=O) groups excluding carboxylic acids is 1. The first-order valence-corrected chi connectivity index (χ1v) is 10.4. The number of anilines is 1. The number of piperidine rings is 1. The molecule has 1 aliphatic heterocycles. The van der Waals surface area contributed by atoms with E-state index in [1.807, 2.05) is 36.4 Å². The van der Waals surface area contributed by atoms with Crippen LogP contribution in [0.1, 0.15) is 18.4 Å². The van der Waals surface area contributed by atoms with Crippen LogP contribution in [-0.2, 0) is 16.1 Å². The van der Waals surface area contributed by atoms with E-state index in [9.17, 15) is 9.18 Å². The minimum Gasteiger partial charge on any atom is -0.383 e. The van der Waals surface area contributed by atoms with E-state index in [0.29, 0.717) is 25.3 Å². The molecule has 1 saturated heterocycles. The zero-order valence-electron chi connectivity index (χ0n) is 17.2. The second kappa shape index (κ2) is 9.26. The molecule has 30 heavy (non-hydrogen) atoms. The van der Waals surface area contributed by atoms with Gasteiger partial charge in [-0.25, -0.2) is 9.37 Å². The third kappa shape index (κ3) is 4.31. The number of aromatic nitrogens is 2. The van der Waals surface area contributed by atoms with Crippen molar-refractivity contribution in [1.29, 1.82) is 0 Å². The maximum Gasteiger partial charge on any atom is 0.223 e. The van der Waals surface area contributed by atoms with Crippen LogP contribution in [0.15, 0.2) is 48.5 Å². The van der Waals surface area contributed by atoms with Gasteiger partial charge in [-0.15, -0.1) is 0 Å². The molecule has 2 heterocycles. The van der Waals surface area contributed by atoms with Crippen molar-refractivity contribution in [2.75, 3.05) is 38.3 Å². The number of hydrogen-bond acceptors (Lipinski definition) is 4. The summed E-state index contributed by atoms with van der Waals surface area (Å²) in [6, 6.07) is 14.8. The van der Waals surface area contributed by atoms with E-state index in [4.69, 9.17) is 9.72 Å². The van der Waals surface area contributed by atoms with Crippen LogP contribution in [0.3, 0.4) is 0 Å². The van der Waals surface area contributed by atoms with Gasteiger partial charge in [-0.05, 0) is 31.0 Å². The molecule has 0 radical (unpaired) electrons. The van der Waals surface area contributed by atoms with E-state index in [1.54, 1.807) is 13.2 Å². The number of imidazole rings is 1. The van der Waals surface area contributed by atoms with Crippen LogP contribution in [0.25, 0.3) is 11.0 Å². The lowest BCUT2D eigenvalue weighted by molar-refractivity contribution is -0.125. The molecule has 1 N–H and O–H groups in total. The Bertz CT molecular complexity index is 1010. The number of carbonyl (C=O) groups is 1. The predicted octanol–water partition coefficient (Wildman–Crippen LogP) is 3.20. The van der Waals surface area contributed by atoms with Crippen LogP contribution >= 0.6 is 0 Å². The predicted molar refractivity (Wildman–Crippen MR) is 115 cm³/mol. The number of fused-ring (bicyclic) bond motifs is 1. The molecule has 0 atom stereocenters. The van der Waals surface area contributed by atoms with Crippen molar-refractivity contribution >= 4 is 22.9 Å². The van der Waals surface area contributed by atoms with Crippen molar-refractivity contribution < 1.29 is 13.9 Å². The smallest absolute Gasteiger partial charge is 0.223 e. The van der Waals surface area contributed by atoms with Gasteiger partial charge in [-0.3, -0.25) is 4.79 Å². The van der Waals surface area contributed by atoms with E-state index in [-0.39, 0.29) is 17.6 Å². The zero-order chi connectivity index (χ0) is 20.9. The lowest BCUT2D eigenvalue weighted by Gasteiger charge is -2.32. The second-order valence-corrected chi connectivity index (χ2v) is 7.62. The van der Waals surface area contributed by atoms with Crippen molar-refractivity contribution in [3.63, 3.8) is 0 Å². The molecule has 0 bridgehead atoms. The summed E-state index contributed by atoms with van der Waals surface area (Å²) in [5.41, 5.74) is 2.51. The van der Waals surface area contributed by atoms with Crippen molar-refractivity contribution in [2.45, 2.75) is 19.4 Å². The second-order valence-electron chi connectivity index (χ2n) is 7.62. The van der Waals surface area contributed by atoms with Gasteiger partial charge in [0.2, 0.25) is 11.9 Å². The Kier molecular flexibility index (Phi) is 6.28. The molecule has 6 nitrogen and oxygen atoms in total. The van der Waals surface area contributed by atoms with Gasteiger partial charge in [-0.1, -0.05) is 30.3 Å². The molecule has 0 aliphatic carbocycles. The van der Waals surface area contributed by atoms with Gasteiger partial charge >= 0.3 is 0 Å². The average molecular weight is 410 g/mol. The molecular formula is C23H27FN4O2. The number of hydrogen-bond donors (Lipinski definition) is 1. The van der Waals surface area contributed by atoms with Crippen LogP contribution in [-0.4, -0.2) is 48.8 Å². The van der Waals surface area contributed by atoms with Crippen LogP contribution in [0.2, 0.25) is 0 Å². The van der Waals surface area contributed by atoms with E-state index in [0.717, 1.165) is 42.9 Å². The molecule has 2 aromatic carbocycles. The summed E-state index contributed by atoms with van der Waals surface area (Å²) in [6.07, 6.45) is 1.53. The quantitative estimate of drug-likeness (QED) is 0.608. The van der Waals surface area contributed by atoms with Gasteiger partial charge in [0.25, 0.3) is 0 Å². The van der Waals surface area contributed by atoms with E-state index >= 15 is 0 Å². The maximum absolute atomic E-state index is 14.3. The van der Waals surface area contributed by atoms with Crippen molar-refractivity contribution in [3.05, 3.63) is 59.9 Å². The first kappa shape index (κ1) is 20.3. The summed E-state index contributed by atoms with van der Waals surface area (Å²) >= 11 is 0. The summed E-state index contributed by atoms with van der Waals surface area (Å²) < 4.78 is 21.4. The third-order valence-corrected chi connectivity index (χ3v) is 5.67. The number of para-hydroxylation sites is 2. The number of ether oxygens (including phenoxy) is 1. The minimum atomic E-state index is -0.215. The summed E-state index contributed by atoms with van der Waals surface area (Å²) in [6.45, 7) is 2.95. The fraction of sp³-hybridized carbons (Fsp3) is 0.391. The van der Waals surface area contributed by atoms with E-state index in [1.165, 1.54) is 6.07 Å². The number of halogens is 1. The van der Waals surface area contributed by atoms with Gasteiger partial charge in [-0.2, -0.15) is 0 Å². The fourth-order valence-electron chi connectivity index (χ4n) is 4.02. The maximum atomic E-state index is 14.3. The Balaban J connectivity index is 1.53. The molecule has 1 aliphatic rings. The summed E-state index contributed by atoms with van der Waals surface area (Å²) in [5, 5.41) is 2.93. The molecule has 0 spiro atoms. The standard InChI is InChI=1S/C23H27FN4O2/c1-30-15-12-25-22(29)17-10-13-27(14-11-17)23-26-20-8-4-5-9-21(20)28(23)16-18-6-2-3-7-19(18)24/h2-9,17H,10-16H2,1H3,(H,25,29). The minimum absolute atomic E-state index is 0.00232. The Morgan fingerprint density at radius 3 is 2.67 bits per heavy atom. The monoisotopic (exact) mass is 410 g/mol. The summed E-state index contributed by atoms with van der Waals surface area (Å²) in [5.74, 6) is 0.708. The Hall–Kier alpha value is -2.93. The first-order chi connectivity index (χ1) is 14.7. The first-order valence-electron chi connectivity index (χ1n) is 10.4. The zero-order valence-corrected chi connectivity index (χ0v) is 17.2. The number of nitrogens with zero attached hydrogens (tertiary/aromatic N) is 3. The number of rotatable bonds is 7. The van der Waals surface area contributed by atoms with Gasteiger partial charge in [0, 0.05) is 38.2 Å². The molecule has 1 aromatic heterocycles. The van der Waals surface area contributed by atoms with Crippen molar-refractivity contribution in [2.24, 2.45) is 5.92 Å². The van der Waals surface area contributed by atoms with Crippen LogP contribution in [0, 0.1) is 11.7 Å². The Morgan fingerprint density at radius 1 is 1.17 bits per heavy atom. The SMILES string of the molecule is COCCNC(=O)C1CCN(c2nc3ccccc3n2Cc2ccccc2F)CC1. The third-order valence-electron chi connectivity index (χ3n) is 5.67. The summed E-state index contributed by atoms with van der Waals surface area (Å²) in [4.78, 5) is 19.4. The molecule has 158 valence electrons.